The Bertz CT molecular complexity index is 682. The quantitative estimate of drug-likeness (QED) is 0.684. The summed E-state index contributed by atoms with van der Waals surface area (Å²) >= 11 is 6.12. The highest BCUT2D eigenvalue weighted by atomic mass is 35.5. The van der Waals surface area contributed by atoms with E-state index in [9.17, 15) is 0 Å². The van der Waals surface area contributed by atoms with Gasteiger partial charge in [-0.25, -0.2) is 0 Å². The van der Waals surface area contributed by atoms with Gasteiger partial charge in [-0.3, -0.25) is 9.97 Å². The van der Waals surface area contributed by atoms with Crippen LogP contribution in [-0.2, 0) is 0 Å². The lowest BCUT2D eigenvalue weighted by atomic mass is 9.96. The van der Waals surface area contributed by atoms with Crippen LogP contribution >= 0.6 is 11.6 Å². The third kappa shape index (κ3) is 2.49. The third-order valence-corrected chi connectivity index (χ3v) is 3.18. The number of pyridine rings is 2. The topological polar surface area (TPSA) is 25.8 Å². The molecule has 0 amide bonds. The standard InChI is InChI=1S/C16H11ClN2/c17-14-3-4-15(12-5-8-18-9-6-12)16(10-14)13-2-1-7-19-11-13/h1-11H. The highest BCUT2D eigenvalue weighted by molar-refractivity contribution is 6.31. The van der Waals surface area contributed by atoms with Gasteiger partial charge in [0.05, 0.1) is 0 Å². The maximum Gasteiger partial charge on any atom is 0.0412 e. The van der Waals surface area contributed by atoms with Crippen LogP contribution < -0.4 is 0 Å². The first-order valence-corrected chi connectivity index (χ1v) is 6.33. The molecule has 0 aliphatic heterocycles. The second-order valence-corrected chi connectivity index (χ2v) is 4.60. The largest absolute Gasteiger partial charge is 0.265 e. The van der Waals surface area contributed by atoms with E-state index >= 15 is 0 Å². The molecular formula is C16H11ClN2. The van der Waals surface area contributed by atoms with Gasteiger partial charge in [0.1, 0.15) is 0 Å². The minimum atomic E-state index is 0.719. The molecule has 0 unspecified atom stereocenters. The van der Waals surface area contributed by atoms with Crippen molar-refractivity contribution in [2.75, 3.05) is 0 Å². The number of hydrogen-bond acceptors (Lipinski definition) is 2. The van der Waals surface area contributed by atoms with Gasteiger partial charge in [-0.2, -0.15) is 0 Å². The Morgan fingerprint density at radius 1 is 0.737 bits per heavy atom. The molecule has 0 aliphatic rings. The Morgan fingerprint density at radius 2 is 1.58 bits per heavy atom. The molecule has 3 aromatic rings. The molecule has 2 heterocycles. The SMILES string of the molecule is Clc1ccc(-c2ccncc2)c(-c2cccnc2)c1. The van der Waals surface area contributed by atoms with E-state index in [1.807, 2.05) is 48.7 Å². The third-order valence-electron chi connectivity index (χ3n) is 2.95. The number of rotatable bonds is 2. The molecule has 92 valence electrons. The van der Waals surface area contributed by atoms with Gasteiger partial charge in [-0.05, 0) is 47.0 Å². The molecule has 0 N–H and O–H groups in total. The van der Waals surface area contributed by atoms with Gasteiger partial charge in [0.2, 0.25) is 0 Å². The van der Waals surface area contributed by atoms with Crippen molar-refractivity contribution in [3.05, 3.63) is 72.3 Å². The molecule has 2 nitrogen and oxygen atoms in total. The van der Waals surface area contributed by atoms with Crippen molar-refractivity contribution < 1.29 is 0 Å². The van der Waals surface area contributed by atoms with Gasteiger partial charge in [0.25, 0.3) is 0 Å². The minimum Gasteiger partial charge on any atom is -0.265 e. The molecule has 0 aliphatic carbocycles. The lowest BCUT2D eigenvalue weighted by molar-refractivity contribution is 1.32. The average Bonchev–Trinajstić information content (AvgIpc) is 2.49. The van der Waals surface area contributed by atoms with Crippen LogP contribution in [0.5, 0.6) is 0 Å². The van der Waals surface area contributed by atoms with E-state index in [0.717, 1.165) is 27.3 Å². The van der Waals surface area contributed by atoms with E-state index < -0.39 is 0 Å². The summed E-state index contributed by atoms with van der Waals surface area (Å²) < 4.78 is 0. The molecule has 1 aromatic carbocycles. The Labute approximate surface area is 116 Å². The number of benzene rings is 1. The lowest BCUT2D eigenvalue weighted by Gasteiger charge is -2.10. The molecule has 0 atom stereocenters. The molecule has 0 radical (unpaired) electrons. The second kappa shape index (κ2) is 5.21. The first-order chi connectivity index (χ1) is 9.34. The minimum absolute atomic E-state index is 0.719. The summed E-state index contributed by atoms with van der Waals surface area (Å²) in [6.45, 7) is 0. The van der Waals surface area contributed by atoms with E-state index in [-0.39, 0.29) is 0 Å². The maximum absolute atomic E-state index is 6.12. The zero-order valence-corrected chi connectivity index (χ0v) is 10.9. The fourth-order valence-corrected chi connectivity index (χ4v) is 2.23. The van der Waals surface area contributed by atoms with Crippen LogP contribution in [0.15, 0.2) is 67.3 Å². The van der Waals surface area contributed by atoms with Gasteiger partial charge < -0.3 is 0 Å². The highest BCUT2D eigenvalue weighted by Crippen LogP contribution is 2.33. The molecule has 0 fully saturated rings. The number of halogens is 1. The Morgan fingerprint density at radius 3 is 2.32 bits per heavy atom. The molecule has 0 saturated carbocycles. The van der Waals surface area contributed by atoms with Gasteiger partial charge >= 0.3 is 0 Å². The molecule has 0 saturated heterocycles. The van der Waals surface area contributed by atoms with Crippen molar-refractivity contribution in [3.63, 3.8) is 0 Å². The molecule has 3 rings (SSSR count). The normalized spacial score (nSPS) is 10.4. The smallest absolute Gasteiger partial charge is 0.0412 e. The summed E-state index contributed by atoms with van der Waals surface area (Å²) in [6, 6.07) is 13.8. The molecule has 0 spiro atoms. The highest BCUT2D eigenvalue weighted by Gasteiger charge is 2.08. The maximum atomic E-state index is 6.12. The van der Waals surface area contributed by atoms with Crippen LogP contribution in [0.3, 0.4) is 0 Å². The lowest BCUT2D eigenvalue weighted by Crippen LogP contribution is -1.86. The van der Waals surface area contributed by atoms with Gasteiger partial charge in [0.15, 0.2) is 0 Å². The van der Waals surface area contributed by atoms with Crippen molar-refractivity contribution in [3.8, 4) is 22.3 Å². The monoisotopic (exact) mass is 266 g/mol. The Balaban J connectivity index is 2.21. The van der Waals surface area contributed by atoms with Crippen LogP contribution in [-0.4, -0.2) is 9.97 Å². The summed E-state index contributed by atoms with van der Waals surface area (Å²) in [5.41, 5.74) is 4.37. The number of nitrogens with zero attached hydrogens (tertiary/aromatic N) is 2. The van der Waals surface area contributed by atoms with Gasteiger partial charge in [0, 0.05) is 35.4 Å². The predicted molar refractivity (Wildman–Crippen MR) is 77.9 cm³/mol. The zero-order chi connectivity index (χ0) is 13.1. The number of aromatic nitrogens is 2. The van der Waals surface area contributed by atoms with Crippen molar-refractivity contribution in [2.24, 2.45) is 0 Å². The van der Waals surface area contributed by atoms with Gasteiger partial charge in [-0.1, -0.05) is 23.7 Å². The van der Waals surface area contributed by atoms with Gasteiger partial charge in [-0.15, -0.1) is 0 Å². The molecule has 2 aromatic heterocycles. The first-order valence-electron chi connectivity index (χ1n) is 5.95. The molecular weight excluding hydrogens is 256 g/mol. The van der Waals surface area contributed by atoms with Crippen LogP contribution in [0.1, 0.15) is 0 Å². The summed E-state index contributed by atoms with van der Waals surface area (Å²) in [4.78, 5) is 8.22. The summed E-state index contributed by atoms with van der Waals surface area (Å²) in [5, 5.41) is 0.719. The van der Waals surface area contributed by atoms with Crippen molar-refractivity contribution in [1.82, 2.24) is 9.97 Å². The second-order valence-electron chi connectivity index (χ2n) is 4.17. The van der Waals surface area contributed by atoms with Crippen molar-refractivity contribution in [1.29, 1.82) is 0 Å². The van der Waals surface area contributed by atoms with Crippen molar-refractivity contribution >= 4 is 11.6 Å². The molecule has 3 heteroatoms. The summed E-state index contributed by atoms with van der Waals surface area (Å²) in [5.74, 6) is 0. The molecule has 19 heavy (non-hydrogen) atoms. The molecule has 0 bridgehead atoms. The van der Waals surface area contributed by atoms with E-state index in [1.165, 1.54) is 0 Å². The predicted octanol–water partition coefficient (Wildman–Crippen LogP) is 4.46. The van der Waals surface area contributed by atoms with Crippen LogP contribution in [0.25, 0.3) is 22.3 Å². The Hall–Kier alpha value is -2.19. The first kappa shape index (κ1) is 11.9. The van der Waals surface area contributed by atoms with E-state index in [1.54, 1.807) is 18.6 Å². The van der Waals surface area contributed by atoms with Crippen LogP contribution in [0.2, 0.25) is 5.02 Å². The van der Waals surface area contributed by atoms with Crippen LogP contribution in [0, 0.1) is 0 Å². The fourth-order valence-electron chi connectivity index (χ4n) is 2.06. The number of hydrogen-bond donors (Lipinski definition) is 0. The Kier molecular flexibility index (Phi) is 3.25. The average molecular weight is 267 g/mol. The van der Waals surface area contributed by atoms with E-state index in [4.69, 9.17) is 11.6 Å². The van der Waals surface area contributed by atoms with Crippen molar-refractivity contribution in [2.45, 2.75) is 0 Å². The van der Waals surface area contributed by atoms with E-state index in [0.29, 0.717) is 0 Å². The van der Waals surface area contributed by atoms with Crippen LogP contribution in [0.4, 0.5) is 0 Å². The summed E-state index contributed by atoms with van der Waals surface area (Å²) in [7, 11) is 0. The van der Waals surface area contributed by atoms with E-state index in [2.05, 4.69) is 9.97 Å². The summed E-state index contributed by atoms with van der Waals surface area (Å²) in [6.07, 6.45) is 7.18. The fraction of sp³-hybridized carbons (Fsp3) is 0. The zero-order valence-electron chi connectivity index (χ0n) is 10.1.